The minimum absolute atomic E-state index is 0.0711. The van der Waals surface area contributed by atoms with Crippen molar-refractivity contribution in [3.8, 4) is 11.4 Å². The number of anilines is 1. The maximum Gasteiger partial charge on any atom is 0.182 e. The van der Waals surface area contributed by atoms with Gasteiger partial charge in [0.1, 0.15) is 0 Å². The van der Waals surface area contributed by atoms with E-state index in [0.29, 0.717) is 18.1 Å². The van der Waals surface area contributed by atoms with E-state index < -0.39 is 0 Å². The molecule has 1 aromatic carbocycles. The lowest BCUT2D eigenvalue weighted by Crippen LogP contribution is -2.14. The number of rotatable bonds is 4. The third kappa shape index (κ3) is 2.48. The van der Waals surface area contributed by atoms with Gasteiger partial charge in [-0.15, -0.1) is 5.10 Å². The number of methoxy groups -OCH3 is 1. The molecule has 96 valence electrons. The average molecular weight is 247 g/mol. The van der Waals surface area contributed by atoms with Gasteiger partial charge >= 0.3 is 0 Å². The summed E-state index contributed by atoms with van der Waals surface area (Å²) in [4.78, 5) is 0. The van der Waals surface area contributed by atoms with Crippen LogP contribution >= 0.6 is 0 Å². The van der Waals surface area contributed by atoms with Crippen molar-refractivity contribution in [3.63, 3.8) is 0 Å². The number of ether oxygens (including phenoxy) is 1. The molecule has 1 unspecified atom stereocenters. The highest BCUT2D eigenvalue weighted by atomic mass is 16.5. The van der Waals surface area contributed by atoms with Crippen LogP contribution in [0.1, 0.15) is 18.5 Å². The highest BCUT2D eigenvalue weighted by Gasteiger charge is 2.14. The molecule has 1 aromatic heterocycles. The molecule has 1 heterocycles. The Balaban J connectivity index is 2.42. The fourth-order valence-corrected chi connectivity index (χ4v) is 1.93. The summed E-state index contributed by atoms with van der Waals surface area (Å²) >= 11 is 0. The number of nitrogens with zero attached hydrogens (tertiary/aromatic N) is 4. The Morgan fingerprint density at radius 2 is 2.17 bits per heavy atom. The minimum Gasteiger partial charge on any atom is -0.399 e. The van der Waals surface area contributed by atoms with Crippen LogP contribution in [0.15, 0.2) is 18.2 Å². The van der Waals surface area contributed by atoms with Crippen LogP contribution in [0.2, 0.25) is 0 Å². The summed E-state index contributed by atoms with van der Waals surface area (Å²) in [5, 5.41) is 11.8. The first kappa shape index (κ1) is 12.5. The summed E-state index contributed by atoms with van der Waals surface area (Å²) < 4.78 is 6.87. The average Bonchev–Trinajstić information content (AvgIpc) is 2.76. The smallest absolute Gasteiger partial charge is 0.182 e. The number of hydrogen-bond donors (Lipinski definition) is 1. The third-order valence-electron chi connectivity index (χ3n) is 2.68. The van der Waals surface area contributed by atoms with E-state index in [1.54, 1.807) is 11.8 Å². The van der Waals surface area contributed by atoms with Crippen LogP contribution in [0.3, 0.4) is 0 Å². The molecule has 0 saturated heterocycles. The molecular weight excluding hydrogens is 230 g/mol. The van der Waals surface area contributed by atoms with Crippen molar-refractivity contribution in [2.75, 3.05) is 19.5 Å². The van der Waals surface area contributed by atoms with E-state index in [1.807, 2.05) is 32.0 Å². The van der Waals surface area contributed by atoms with Gasteiger partial charge in [0.25, 0.3) is 0 Å². The van der Waals surface area contributed by atoms with Crippen LogP contribution in [-0.2, 0) is 4.74 Å². The Bertz CT molecular complexity index is 517. The van der Waals surface area contributed by atoms with E-state index in [2.05, 4.69) is 15.5 Å². The lowest BCUT2D eigenvalue weighted by atomic mass is 10.1. The number of aromatic nitrogens is 4. The lowest BCUT2D eigenvalue weighted by molar-refractivity contribution is 0.156. The molecule has 2 N–H and O–H groups in total. The van der Waals surface area contributed by atoms with Gasteiger partial charge in [-0.1, -0.05) is 0 Å². The number of benzene rings is 1. The second-order valence-corrected chi connectivity index (χ2v) is 4.38. The van der Waals surface area contributed by atoms with E-state index in [-0.39, 0.29) is 6.04 Å². The van der Waals surface area contributed by atoms with Crippen molar-refractivity contribution in [2.45, 2.75) is 19.9 Å². The standard InChI is InChI=1S/C12H17N5O/c1-8-4-10(6-11(13)5-8)12-14-15-16-17(12)9(2)7-18-3/h4-6,9H,7,13H2,1-3H3. The Morgan fingerprint density at radius 1 is 1.39 bits per heavy atom. The Labute approximate surface area is 106 Å². The normalized spacial score (nSPS) is 12.6. The molecule has 1 atom stereocenters. The van der Waals surface area contributed by atoms with Gasteiger partial charge in [0, 0.05) is 18.4 Å². The van der Waals surface area contributed by atoms with E-state index in [9.17, 15) is 0 Å². The molecule has 2 rings (SSSR count). The van der Waals surface area contributed by atoms with Crippen LogP contribution in [0, 0.1) is 6.92 Å². The summed E-state index contributed by atoms with van der Waals surface area (Å²) in [6.07, 6.45) is 0. The molecule has 0 saturated carbocycles. The maximum absolute atomic E-state index is 5.85. The summed E-state index contributed by atoms with van der Waals surface area (Å²) in [5.74, 6) is 0.704. The molecule has 0 aliphatic rings. The number of nitrogens with two attached hydrogens (primary N) is 1. The molecule has 6 heteroatoms. The molecule has 2 aromatic rings. The Morgan fingerprint density at radius 3 is 2.83 bits per heavy atom. The summed E-state index contributed by atoms with van der Waals surface area (Å²) in [7, 11) is 1.66. The van der Waals surface area contributed by atoms with Crippen molar-refractivity contribution < 1.29 is 4.74 Å². The number of hydrogen-bond acceptors (Lipinski definition) is 5. The Hall–Kier alpha value is -1.95. The van der Waals surface area contributed by atoms with Gasteiger partial charge in [-0.2, -0.15) is 0 Å². The zero-order chi connectivity index (χ0) is 13.1. The van der Waals surface area contributed by atoms with Gasteiger partial charge < -0.3 is 10.5 Å². The second kappa shape index (κ2) is 5.14. The van der Waals surface area contributed by atoms with Crippen molar-refractivity contribution >= 4 is 5.69 Å². The van der Waals surface area contributed by atoms with Crippen molar-refractivity contribution in [1.82, 2.24) is 20.2 Å². The van der Waals surface area contributed by atoms with Gasteiger partial charge in [-0.05, 0) is 48.0 Å². The van der Waals surface area contributed by atoms with Crippen molar-refractivity contribution in [2.24, 2.45) is 0 Å². The first-order chi connectivity index (χ1) is 8.61. The van der Waals surface area contributed by atoms with Crippen molar-refractivity contribution in [3.05, 3.63) is 23.8 Å². The number of nitrogen functional groups attached to an aromatic ring is 1. The van der Waals surface area contributed by atoms with Gasteiger partial charge in [-0.3, -0.25) is 0 Å². The summed E-state index contributed by atoms with van der Waals surface area (Å²) in [6.45, 7) is 4.55. The number of aryl methyl sites for hydroxylation is 1. The molecule has 0 amide bonds. The molecule has 0 aliphatic carbocycles. The molecule has 6 nitrogen and oxygen atoms in total. The van der Waals surface area contributed by atoms with Crippen LogP contribution in [0.25, 0.3) is 11.4 Å². The monoisotopic (exact) mass is 247 g/mol. The highest BCUT2D eigenvalue weighted by molar-refractivity contribution is 5.62. The lowest BCUT2D eigenvalue weighted by Gasteiger charge is -2.12. The molecule has 0 radical (unpaired) electrons. The molecule has 0 spiro atoms. The molecule has 18 heavy (non-hydrogen) atoms. The van der Waals surface area contributed by atoms with Crippen LogP contribution in [0.4, 0.5) is 5.69 Å². The quantitative estimate of drug-likeness (QED) is 0.827. The van der Waals surface area contributed by atoms with E-state index in [4.69, 9.17) is 10.5 Å². The predicted octanol–water partition coefficient (Wildman–Crippen LogP) is 1.44. The first-order valence-electron chi connectivity index (χ1n) is 5.76. The second-order valence-electron chi connectivity index (χ2n) is 4.38. The van der Waals surface area contributed by atoms with Crippen LogP contribution in [-0.4, -0.2) is 33.9 Å². The molecule has 0 fully saturated rings. The summed E-state index contributed by atoms with van der Waals surface area (Å²) in [5.41, 5.74) is 8.55. The zero-order valence-corrected chi connectivity index (χ0v) is 10.8. The fourth-order valence-electron chi connectivity index (χ4n) is 1.93. The van der Waals surface area contributed by atoms with Crippen molar-refractivity contribution in [1.29, 1.82) is 0 Å². The number of tetrazole rings is 1. The maximum atomic E-state index is 5.85. The summed E-state index contributed by atoms with van der Waals surface area (Å²) in [6, 6.07) is 5.87. The van der Waals surface area contributed by atoms with Gasteiger partial charge in [0.15, 0.2) is 5.82 Å². The zero-order valence-electron chi connectivity index (χ0n) is 10.8. The van der Waals surface area contributed by atoms with Crippen LogP contribution < -0.4 is 5.73 Å². The molecule has 0 aliphatic heterocycles. The van der Waals surface area contributed by atoms with E-state index >= 15 is 0 Å². The fraction of sp³-hybridized carbons (Fsp3) is 0.417. The predicted molar refractivity (Wildman–Crippen MR) is 69.0 cm³/mol. The topological polar surface area (TPSA) is 78.8 Å². The van der Waals surface area contributed by atoms with Gasteiger partial charge in [-0.25, -0.2) is 4.68 Å². The molecule has 0 bridgehead atoms. The SMILES string of the molecule is COCC(C)n1nnnc1-c1cc(C)cc(N)c1. The highest BCUT2D eigenvalue weighted by Crippen LogP contribution is 2.22. The van der Waals surface area contributed by atoms with E-state index in [1.165, 1.54) is 0 Å². The molecular formula is C12H17N5O. The third-order valence-corrected chi connectivity index (χ3v) is 2.68. The first-order valence-corrected chi connectivity index (χ1v) is 5.76. The van der Waals surface area contributed by atoms with Crippen LogP contribution in [0.5, 0.6) is 0 Å². The van der Waals surface area contributed by atoms with Gasteiger partial charge in [0.05, 0.1) is 12.6 Å². The van der Waals surface area contributed by atoms with E-state index in [0.717, 1.165) is 11.1 Å². The Kier molecular flexibility index (Phi) is 3.57. The van der Waals surface area contributed by atoms with Gasteiger partial charge in [0.2, 0.25) is 0 Å². The largest absolute Gasteiger partial charge is 0.399 e. The minimum atomic E-state index is 0.0711.